The molecule has 2 N–H and O–H groups in total. The van der Waals surface area contributed by atoms with Crippen molar-refractivity contribution in [3.63, 3.8) is 0 Å². The topological polar surface area (TPSA) is 58.8 Å². The summed E-state index contributed by atoms with van der Waals surface area (Å²) >= 11 is 0. The van der Waals surface area contributed by atoms with Crippen LogP contribution in [0.3, 0.4) is 0 Å². The molecule has 2 aromatic rings. The van der Waals surface area contributed by atoms with Gasteiger partial charge in [-0.25, -0.2) is 4.39 Å². The zero-order chi connectivity index (χ0) is 17.0. The lowest BCUT2D eigenvalue weighted by atomic mass is 10.3. The number of benzene rings is 1. The van der Waals surface area contributed by atoms with Crippen LogP contribution in [0.15, 0.2) is 52.1 Å². The summed E-state index contributed by atoms with van der Waals surface area (Å²) in [7, 11) is 1.75. The maximum atomic E-state index is 12.8. The van der Waals surface area contributed by atoms with Crippen LogP contribution >= 0.6 is 0 Å². The average Bonchev–Trinajstić information content (AvgIpc) is 3.11. The summed E-state index contributed by atoms with van der Waals surface area (Å²) in [6.45, 7) is 2.19. The monoisotopic (exact) mass is 333 g/mol. The van der Waals surface area contributed by atoms with E-state index in [4.69, 9.17) is 9.15 Å². The van der Waals surface area contributed by atoms with Crippen molar-refractivity contribution in [1.82, 2.24) is 10.6 Å². The Balaban J connectivity index is 1.51. The molecule has 0 atom stereocenters. The molecule has 0 spiro atoms. The Morgan fingerprint density at radius 3 is 2.62 bits per heavy atom. The first-order valence-electron chi connectivity index (χ1n) is 8.13. The van der Waals surface area contributed by atoms with Crippen LogP contribution in [-0.2, 0) is 6.42 Å². The number of guanidine groups is 1. The Morgan fingerprint density at radius 1 is 1.12 bits per heavy atom. The molecule has 1 heterocycles. The minimum Gasteiger partial charge on any atom is -0.494 e. The van der Waals surface area contributed by atoms with Gasteiger partial charge in [0.2, 0.25) is 0 Å². The van der Waals surface area contributed by atoms with E-state index < -0.39 is 0 Å². The molecule has 0 unspecified atom stereocenters. The Bertz CT molecular complexity index is 597. The van der Waals surface area contributed by atoms with Gasteiger partial charge in [-0.05, 0) is 49.2 Å². The summed E-state index contributed by atoms with van der Waals surface area (Å²) in [6, 6.07) is 9.91. The Labute approximate surface area is 141 Å². The van der Waals surface area contributed by atoms with Gasteiger partial charge in [0.1, 0.15) is 17.3 Å². The first kappa shape index (κ1) is 17.8. The summed E-state index contributed by atoms with van der Waals surface area (Å²) in [5.74, 6) is 2.18. The standard InChI is InChI=1S/C18H24FN3O2/c1-20-18(22-12-10-16-5-4-14-24-16)21-11-2-3-13-23-17-8-6-15(19)7-9-17/h4-9,14H,2-3,10-13H2,1H3,(H2,20,21,22). The first-order chi connectivity index (χ1) is 11.8. The molecular formula is C18H24FN3O2. The van der Waals surface area contributed by atoms with Gasteiger partial charge in [-0.3, -0.25) is 4.99 Å². The molecule has 1 aromatic carbocycles. The summed E-state index contributed by atoms with van der Waals surface area (Å²) in [4.78, 5) is 4.18. The molecule has 24 heavy (non-hydrogen) atoms. The molecule has 0 saturated carbocycles. The molecule has 0 bridgehead atoms. The second-order valence-corrected chi connectivity index (χ2v) is 5.26. The van der Waals surface area contributed by atoms with Gasteiger partial charge in [0.15, 0.2) is 5.96 Å². The number of unbranched alkanes of at least 4 members (excludes halogenated alkanes) is 1. The van der Waals surface area contributed by atoms with Gasteiger partial charge >= 0.3 is 0 Å². The van der Waals surface area contributed by atoms with E-state index in [1.54, 1.807) is 25.4 Å². The molecule has 1 aromatic heterocycles. The highest BCUT2D eigenvalue weighted by Gasteiger charge is 1.99. The Kier molecular flexibility index (Phi) is 7.67. The van der Waals surface area contributed by atoms with Crippen LogP contribution in [0.2, 0.25) is 0 Å². The molecule has 0 aliphatic carbocycles. The van der Waals surface area contributed by atoms with Gasteiger partial charge in [0.05, 0.1) is 12.9 Å². The van der Waals surface area contributed by atoms with Crippen molar-refractivity contribution in [3.05, 3.63) is 54.2 Å². The number of rotatable bonds is 9. The van der Waals surface area contributed by atoms with Crippen molar-refractivity contribution in [2.45, 2.75) is 19.3 Å². The molecule has 6 heteroatoms. The van der Waals surface area contributed by atoms with Gasteiger partial charge in [-0.15, -0.1) is 0 Å². The van der Waals surface area contributed by atoms with Crippen molar-refractivity contribution in [2.75, 3.05) is 26.7 Å². The summed E-state index contributed by atoms with van der Waals surface area (Å²) in [5, 5.41) is 6.50. The number of aliphatic imine (C=N–C) groups is 1. The number of hydrogen-bond acceptors (Lipinski definition) is 3. The molecule has 0 aliphatic rings. The van der Waals surface area contributed by atoms with E-state index >= 15 is 0 Å². The van der Waals surface area contributed by atoms with E-state index in [2.05, 4.69) is 15.6 Å². The second kappa shape index (κ2) is 10.3. The van der Waals surface area contributed by atoms with Gasteiger partial charge < -0.3 is 19.8 Å². The fourth-order valence-corrected chi connectivity index (χ4v) is 2.13. The smallest absolute Gasteiger partial charge is 0.190 e. The molecule has 0 amide bonds. The molecule has 5 nitrogen and oxygen atoms in total. The SMILES string of the molecule is CN=C(NCCCCOc1ccc(F)cc1)NCCc1ccco1. The van der Waals surface area contributed by atoms with E-state index in [1.807, 2.05) is 12.1 Å². The van der Waals surface area contributed by atoms with Gasteiger partial charge in [-0.1, -0.05) is 0 Å². The average molecular weight is 333 g/mol. The summed E-state index contributed by atoms with van der Waals surface area (Å²) in [5.41, 5.74) is 0. The fraction of sp³-hybridized carbons (Fsp3) is 0.389. The predicted octanol–water partition coefficient (Wildman–Crippen LogP) is 2.99. The fourth-order valence-electron chi connectivity index (χ4n) is 2.13. The lowest BCUT2D eigenvalue weighted by molar-refractivity contribution is 0.306. The van der Waals surface area contributed by atoms with E-state index in [0.29, 0.717) is 12.4 Å². The van der Waals surface area contributed by atoms with Crippen molar-refractivity contribution in [3.8, 4) is 5.75 Å². The number of hydrogen-bond donors (Lipinski definition) is 2. The first-order valence-corrected chi connectivity index (χ1v) is 8.13. The molecule has 0 saturated heterocycles. The number of nitrogens with one attached hydrogen (secondary N) is 2. The predicted molar refractivity (Wildman–Crippen MR) is 92.9 cm³/mol. The van der Waals surface area contributed by atoms with E-state index in [1.165, 1.54) is 12.1 Å². The zero-order valence-corrected chi connectivity index (χ0v) is 13.9. The van der Waals surface area contributed by atoms with Gasteiger partial charge in [0, 0.05) is 26.6 Å². The highest BCUT2D eigenvalue weighted by atomic mass is 19.1. The van der Waals surface area contributed by atoms with Crippen molar-refractivity contribution < 1.29 is 13.5 Å². The van der Waals surface area contributed by atoms with Crippen molar-refractivity contribution >= 4 is 5.96 Å². The quantitative estimate of drug-likeness (QED) is 0.421. The van der Waals surface area contributed by atoms with E-state index in [-0.39, 0.29) is 5.82 Å². The second-order valence-electron chi connectivity index (χ2n) is 5.26. The number of halogens is 1. The van der Waals surface area contributed by atoms with E-state index in [0.717, 1.165) is 44.1 Å². The maximum Gasteiger partial charge on any atom is 0.190 e. The lowest BCUT2D eigenvalue weighted by Gasteiger charge is -2.11. The van der Waals surface area contributed by atoms with Crippen molar-refractivity contribution in [1.29, 1.82) is 0 Å². The van der Waals surface area contributed by atoms with Crippen LogP contribution in [-0.4, -0.2) is 32.7 Å². The van der Waals surface area contributed by atoms with Crippen LogP contribution < -0.4 is 15.4 Å². The molecule has 130 valence electrons. The number of ether oxygens (including phenoxy) is 1. The highest BCUT2D eigenvalue weighted by molar-refractivity contribution is 5.79. The minimum absolute atomic E-state index is 0.252. The zero-order valence-electron chi connectivity index (χ0n) is 13.9. The number of furan rings is 1. The van der Waals surface area contributed by atoms with Gasteiger partial charge in [0.25, 0.3) is 0 Å². The Morgan fingerprint density at radius 2 is 1.92 bits per heavy atom. The van der Waals surface area contributed by atoms with Crippen LogP contribution in [0.4, 0.5) is 4.39 Å². The number of nitrogens with zero attached hydrogens (tertiary/aromatic N) is 1. The largest absolute Gasteiger partial charge is 0.494 e. The third kappa shape index (κ3) is 6.73. The molecular weight excluding hydrogens is 309 g/mol. The van der Waals surface area contributed by atoms with Crippen molar-refractivity contribution in [2.24, 2.45) is 4.99 Å². The molecule has 2 rings (SSSR count). The summed E-state index contributed by atoms with van der Waals surface area (Å²) in [6.07, 6.45) is 4.36. The lowest BCUT2D eigenvalue weighted by Crippen LogP contribution is -2.38. The summed E-state index contributed by atoms with van der Waals surface area (Å²) < 4.78 is 23.6. The van der Waals surface area contributed by atoms with E-state index in [9.17, 15) is 4.39 Å². The van der Waals surface area contributed by atoms with Crippen LogP contribution in [0.1, 0.15) is 18.6 Å². The Hall–Kier alpha value is -2.50. The highest BCUT2D eigenvalue weighted by Crippen LogP contribution is 2.11. The van der Waals surface area contributed by atoms with Crippen LogP contribution in [0.5, 0.6) is 5.75 Å². The molecule has 0 aliphatic heterocycles. The van der Waals surface area contributed by atoms with Gasteiger partial charge in [-0.2, -0.15) is 0 Å². The van der Waals surface area contributed by atoms with Crippen LogP contribution in [0, 0.1) is 5.82 Å². The maximum absolute atomic E-state index is 12.8. The third-order valence-corrected chi connectivity index (χ3v) is 3.41. The molecule has 0 fully saturated rings. The minimum atomic E-state index is -0.252. The third-order valence-electron chi connectivity index (χ3n) is 3.41. The molecule has 0 radical (unpaired) electrons. The normalized spacial score (nSPS) is 11.3. The van der Waals surface area contributed by atoms with Crippen LogP contribution in [0.25, 0.3) is 0 Å².